The van der Waals surface area contributed by atoms with Crippen molar-refractivity contribution in [2.45, 2.75) is 6.54 Å². The second kappa shape index (κ2) is 4.77. The molecule has 108 valence electrons. The van der Waals surface area contributed by atoms with Gasteiger partial charge in [0.25, 0.3) is 0 Å². The minimum atomic E-state index is -0.362. The van der Waals surface area contributed by atoms with Gasteiger partial charge in [-0.05, 0) is 30.3 Å². The molecule has 3 aromatic rings. The average Bonchev–Trinajstić information content (AvgIpc) is 3.08. The molecule has 0 unspecified atom stereocenters. The molecular weight excluding hydrogens is 283 g/mol. The fourth-order valence-electron chi connectivity index (χ4n) is 2.49. The Hall–Kier alpha value is -3.02. The van der Waals surface area contributed by atoms with E-state index in [-0.39, 0.29) is 11.7 Å². The molecule has 0 spiro atoms. The van der Waals surface area contributed by atoms with Crippen LogP contribution in [0.25, 0.3) is 10.9 Å². The van der Waals surface area contributed by atoms with Crippen molar-refractivity contribution >= 4 is 28.5 Å². The number of H-pyrrole nitrogens is 1. The molecule has 0 aliphatic carbocycles. The Kier molecular flexibility index (Phi) is 2.75. The van der Waals surface area contributed by atoms with E-state index >= 15 is 0 Å². The summed E-state index contributed by atoms with van der Waals surface area (Å²) in [4.78, 5) is 7.13. The molecule has 0 fully saturated rings. The number of aromatic nitrogens is 1. The van der Waals surface area contributed by atoms with Crippen LogP contribution in [-0.4, -0.2) is 16.3 Å². The van der Waals surface area contributed by atoms with Crippen molar-refractivity contribution in [3.63, 3.8) is 0 Å². The van der Waals surface area contributed by atoms with Crippen LogP contribution in [-0.2, 0) is 6.54 Å². The van der Waals surface area contributed by atoms with Crippen molar-refractivity contribution in [3.8, 4) is 5.88 Å². The van der Waals surface area contributed by atoms with Crippen molar-refractivity contribution < 1.29 is 9.50 Å². The Morgan fingerprint density at radius 1 is 1.23 bits per heavy atom. The number of halogens is 1. The number of nitrogens with zero attached hydrogens (tertiary/aromatic N) is 3. The van der Waals surface area contributed by atoms with E-state index in [1.54, 1.807) is 6.07 Å². The molecule has 22 heavy (non-hydrogen) atoms. The highest BCUT2D eigenvalue weighted by atomic mass is 19.1. The first-order valence-corrected chi connectivity index (χ1v) is 6.75. The van der Waals surface area contributed by atoms with Gasteiger partial charge in [-0.15, -0.1) is 0 Å². The monoisotopic (exact) mass is 294 g/mol. The van der Waals surface area contributed by atoms with Crippen molar-refractivity contribution in [2.75, 3.05) is 0 Å². The third-order valence-corrected chi connectivity index (χ3v) is 3.61. The van der Waals surface area contributed by atoms with E-state index in [1.165, 1.54) is 18.3 Å². The average molecular weight is 294 g/mol. The smallest absolute Gasteiger partial charge is 0.198 e. The van der Waals surface area contributed by atoms with E-state index in [1.807, 2.05) is 18.2 Å². The Labute approximate surface area is 124 Å². The number of aromatic hydroxyl groups is 1. The number of azo groups is 1. The van der Waals surface area contributed by atoms with E-state index in [2.05, 4.69) is 20.2 Å². The molecule has 0 atom stereocenters. The molecule has 0 saturated heterocycles. The number of aliphatic imine (C=N–C) groups is 1. The maximum absolute atomic E-state index is 13.4. The van der Waals surface area contributed by atoms with Crippen LogP contribution in [0.5, 0.6) is 5.88 Å². The highest BCUT2D eigenvalue weighted by Gasteiger charge is 2.10. The molecule has 2 heterocycles. The van der Waals surface area contributed by atoms with E-state index in [9.17, 15) is 9.50 Å². The predicted octanol–water partition coefficient (Wildman–Crippen LogP) is 4.36. The van der Waals surface area contributed by atoms with Crippen molar-refractivity contribution in [3.05, 3.63) is 53.3 Å². The van der Waals surface area contributed by atoms with Gasteiger partial charge in [0, 0.05) is 22.7 Å². The van der Waals surface area contributed by atoms with Gasteiger partial charge in [0.05, 0.1) is 23.5 Å². The van der Waals surface area contributed by atoms with Gasteiger partial charge in [0.1, 0.15) is 5.82 Å². The van der Waals surface area contributed by atoms with Crippen LogP contribution in [0.1, 0.15) is 11.1 Å². The van der Waals surface area contributed by atoms with Crippen molar-refractivity contribution in [1.82, 2.24) is 4.98 Å². The van der Waals surface area contributed by atoms with Crippen molar-refractivity contribution in [1.29, 1.82) is 0 Å². The summed E-state index contributed by atoms with van der Waals surface area (Å²) >= 11 is 0. The molecule has 2 N–H and O–H groups in total. The van der Waals surface area contributed by atoms with Crippen LogP contribution in [0.15, 0.2) is 51.6 Å². The van der Waals surface area contributed by atoms with Gasteiger partial charge in [-0.25, -0.2) is 4.39 Å². The summed E-state index contributed by atoms with van der Waals surface area (Å²) in [6.07, 6.45) is 1.52. The number of benzene rings is 2. The van der Waals surface area contributed by atoms with Gasteiger partial charge in [-0.1, -0.05) is 6.07 Å². The normalized spacial score (nSPS) is 13.3. The molecule has 0 bridgehead atoms. The predicted molar refractivity (Wildman–Crippen MR) is 81.8 cm³/mol. The Morgan fingerprint density at radius 2 is 2.14 bits per heavy atom. The largest absolute Gasteiger partial charge is 0.494 e. The lowest BCUT2D eigenvalue weighted by molar-refractivity contribution is 0.457. The lowest BCUT2D eigenvalue weighted by atomic mass is 10.1. The molecule has 2 aromatic carbocycles. The third kappa shape index (κ3) is 2.05. The lowest BCUT2D eigenvalue weighted by Gasteiger charge is -1.97. The van der Waals surface area contributed by atoms with Gasteiger partial charge in [0.2, 0.25) is 0 Å². The van der Waals surface area contributed by atoms with Gasteiger partial charge in [0.15, 0.2) is 5.88 Å². The first-order valence-electron chi connectivity index (χ1n) is 6.75. The second-order valence-electron chi connectivity index (χ2n) is 5.05. The molecule has 0 amide bonds. The SMILES string of the molecule is Oc1[nH]c2ccc(F)cc2c1C=Nc1ccc2c(c1)N=NC2. The summed E-state index contributed by atoms with van der Waals surface area (Å²) in [7, 11) is 0. The summed E-state index contributed by atoms with van der Waals surface area (Å²) in [6.45, 7) is 0.599. The zero-order valence-corrected chi connectivity index (χ0v) is 11.4. The van der Waals surface area contributed by atoms with Gasteiger partial charge >= 0.3 is 0 Å². The van der Waals surface area contributed by atoms with Crippen LogP contribution in [0.2, 0.25) is 0 Å². The third-order valence-electron chi connectivity index (χ3n) is 3.61. The Balaban J connectivity index is 1.75. The molecule has 4 rings (SSSR count). The number of hydrogen-bond acceptors (Lipinski definition) is 4. The van der Waals surface area contributed by atoms with Gasteiger partial charge < -0.3 is 10.1 Å². The molecular formula is C16H11FN4O. The van der Waals surface area contributed by atoms with E-state index < -0.39 is 0 Å². The standard InChI is InChI=1S/C16H11FN4O/c17-10-2-4-14-12(5-10)13(16(22)20-14)8-18-11-3-1-9-7-19-21-15(9)6-11/h1-6,8,20,22H,7H2. The highest BCUT2D eigenvalue weighted by Crippen LogP contribution is 2.31. The molecule has 0 saturated carbocycles. The maximum atomic E-state index is 13.4. The zero-order valence-electron chi connectivity index (χ0n) is 11.4. The fourth-order valence-corrected chi connectivity index (χ4v) is 2.49. The Bertz CT molecular complexity index is 943. The van der Waals surface area contributed by atoms with Crippen LogP contribution < -0.4 is 0 Å². The van der Waals surface area contributed by atoms with E-state index in [0.29, 0.717) is 28.7 Å². The van der Waals surface area contributed by atoms with Gasteiger partial charge in [-0.3, -0.25) is 4.99 Å². The van der Waals surface area contributed by atoms with Crippen LogP contribution in [0.4, 0.5) is 15.8 Å². The molecule has 1 aromatic heterocycles. The molecule has 5 nitrogen and oxygen atoms in total. The van der Waals surface area contributed by atoms with E-state index in [0.717, 1.165) is 11.3 Å². The summed E-state index contributed by atoms with van der Waals surface area (Å²) in [6, 6.07) is 9.90. The van der Waals surface area contributed by atoms with E-state index in [4.69, 9.17) is 0 Å². The number of rotatable bonds is 2. The number of nitrogens with one attached hydrogen (secondary N) is 1. The summed E-state index contributed by atoms with van der Waals surface area (Å²) in [5, 5.41) is 18.5. The number of fused-ring (bicyclic) bond motifs is 2. The van der Waals surface area contributed by atoms with Crippen LogP contribution >= 0.6 is 0 Å². The highest BCUT2D eigenvalue weighted by molar-refractivity contribution is 6.02. The van der Waals surface area contributed by atoms with Gasteiger partial charge in [-0.2, -0.15) is 10.2 Å². The summed E-state index contributed by atoms with van der Waals surface area (Å²) in [5.74, 6) is -0.399. The first kappa shape index (κ1) is 12.7. The maximum Gasteiger partial charge on any atom is 0.198 e. The van der Waals surface area contributed by atoms with Crippen LogP contribution in [0, 0.1) is 5.82 Å². The Morgan fingerprint density at radius 3 is 3.05 bits per heavy atom. The molecule has 6 heteroatoms. The quantitative estimate of drug-likeness (QED) is 0.677. The zero-order chi connectivity index (χ0) is 15.1. The number of hydrogen-bond donors (Lipinski definition) is 2. The molecule has 1 aliphatic rings. The minimum absolute atomic E-state index is 0.0369. The lowest BCUT2D eigenvalue weighted by Crippen LogP contribution is -1.81. The second-order valence-corrected chi connectivity index (χ2v) is 5.05. The van der Waals surface area contributed by atoms with Crippen LogP contribution in [0.3, 0.4) is 0 Å². The summed E-state index contributed by atoms with van der Waals surface area (Å²) in [5.41, 5.74) is 3.68. The minimum Gasteiger partial charge on any atom is -0.494 e. The summed E-state index contributed by atoms with van der Waals surface area (Å²) < 4.78 is 13.4. The van der Waals surface area contributed by atoms with Crippen molar-refractivity contribution in [2.24, 2.45) is 15.2 Å². The first-order chi connectivity index (χ1) is 10.7. The molecule has 0 radical (unpaired) electrons. The topological polar surface area (TPSA) is 73.1 Å². The fraction of sp³-hybridized carbons (Fsp3) is 0.0625. The molecule has 1 aliphatic heterocycles. The number of aromatic amines is 1.